The van der Waals surface area contributed by atoms with Gasteiger partial charge in [-0.05, 0) is 44.4 Å². The first-order valence-electron chi connectivity index (χ1n) is 6.52. The van der Waals surface area contributed by atoms with Crippen LogP contribution in [0.4, 0.5) is 10.1 Å². The van der Waals surface area contributed by atoms with E-state index in [-0.39, 0.29) is 5.82 Å². The quantitative estimate of drug-likeness (QED) is 0.823. The third kappa shape index (κ3) is 2.78. The Kier molecular flexibility index (Phi) is 4.00. The van der Waals surface area contributed by atoms with Gasteiger partial charge in [0.2, 0.25) is 0 Å². The lowest BCUT2D eigenvalue weighted by atomic mass is 10.1. The highest BCUT2D eigenvalue weighted by Gasteiger charge is 2.30. The maximum Gasteiger partial charge on any atom is 0.128 e. The number of anilines is 1. The van der Waals surface area contributed by atoms with Crippen molar-refractivity contribution < 1.29 is 4.39 Å². The molecule has 0 aliphatic heterocycles. The summed E-state index contributed by atoms with van der Waals surface area (Å²) in [4.78, 5) is 2.36. The van der Waals surface area contributed by atoms with E-state index in [2.05, 4.69) is 11.8 Å². The summed E-state index contributed by atoms with van der Waals surface area (Å²) in [6.07, 6.45) is 4.18. The van der Waals surface area contributed by atoms with Gasteiger partial charge >= 0.3 is 0 Å². The first-order chi connectivity index (χ1) is 8.27. The molecular formula is C14H21FN2. The average molecular weight is 236 g/mol. The van der Waals surface area contributed by atoms with Crippen molar-refractivity contribution in [1.29, 1.82) is 0 Å². The molecule has 0 unspecified atom stereocenters. The number of halogens is 1. The molecule has 2 rings (SSSR count). The van der Waals surface area contributed by atoms with Gasteiger partial charge in [0.05, 0.1) is 0 Å². The van der Waals surface area contributed by atoms with Crippen LogP contribution < -0.4 is 10.6 Å². The predicted octanol–water partition coefficient (Wildman–Crippen LogP) is 2.71. The monoisotopic (exact) mass is 236 g/mol. The van der Waals surface area contributed by atoms with E-state index in [0.717, 1.165) is 24.2 Å². The number of benzene rings is 1. The molecule has 3 heteroatoms. The van der Waals surface area contributed by atoms with Gasteiger partial charge in [0.15, 0.2) is 0 Å². The fourth-order valence-electron chi connectivity index (χ4n) is 2.34. The van der Waals surface area contributed by atoms with Crippen molar-refractivity contribution >= 4 is 5.69 Å². The molecule has 0 bridgehead atoms. The molecule has 0 saturated heterocycles. The number of hydrogen-bond donors (Lipinski definition) is 1. The van der Waals surface area contributed by atoms with Crippen molar-refractivity contribution in [3.8, 4) is 0 Å². The third-order valence-electron chi connectivity index (χ3n) is 3.25. The summed E-state index contributed by atoms with van der Waals surface area (Å²) >= 11 is 0. The molecule has 0 atom stereocenters. The number of hydrogen-bond acceptors (Lipinski definition) is 2. The lowest BCUT2D eigenvalue weighted by Gasteiger charge is -2.27. The zero-order valence-electron chi connectivity index (χ0n) is 10.5. The summed E-state index contributed by atoms with van der Waals surface area (Å²) in [5.74, 6) is -0.116. The van der Waals surface area contributed by atoms with Crippen LogP contribution >= 0.6 is 0 Å². The van der Waals surface area contributed by atoms with E-state index in [1.807, 2.05) is 6.07 Å². The molecule has 1 aromatic rings. The lowest BCUT2D eigenvalue weighted by molar-refractivity contribution is 0.606. The second-order valence-electron chi connectivity index (χ2n) is 4.70. The molecule has 0 heterocycles. The van der Waals surface area contributed by atoms with E-state index < -0.39 is 0 Å². The topological polar surface area (TPSA) is 29.3 Å². The Morgan fingerprint density at radius 3 is 2.76 bits per heavy atom. The van der Waals surface area contributed by atoms with Crippen LogP contribution in [0.1, 0.15) is 31.7 Å². The predicted molar refractivity (Wildman–Crippen MR) is 69.8 cm³/mol. The van der Waals surface area contributed by atoms with Crippen molar-refractivity contribution in [2.75, 3.05) is 18.0 Å². The highest BCUT2D eigenvalue weighted by molar-refractivity contribution is 5.56. The average Bonchev–Trinajstić information content (AvgIpc) is 3.13. The van der Waals surface area contributed by atoms with Crippen LogP contribution in [0.25, 0.3) is 0 Å². The SMILES string of the molecule is CCCN(c1cccc(F)c1CCN)C1CC1. The molecule has 1 fully saturated rings. The summed E-state index contributed by atoms with van der Waals surface area (Å²) < 4.78 is 13.8. The molecule has 1 saturated carbocycles. The smallest absolute Gasteiger partial charge is 0.128 e. The zero-order chi connectivity index (χ0) is 12.3. The van der Waals surface area contributed by atoms with E-state index >= 15 is 0 Å². The van der Waals surface area contributed by atoms with Crippen LogP contribution in [0.2, 0.25) is 0 Å². The molecule has 17 heavy (non-hydrogen) atoms. The molecule has 0 radical (unpaired) electrons. The Morgan fingerprint density at radius 1 is 1.41 bits per heavy atom. The highest BCUT2D eigenvalue weighted by atomic mass is 19.1. The fourth-order valence-corrected chi connectivity index (χ4v) is 2.34. The summed E-state index contributed by atoms with van der Waals surface area (Å²) in [6.45, 7) is 3.67. The van der Waals surface area contributed by atoms with Crippen molar-refractivity contribution in [3.63, 3.8) is 0 Å². The van der Waals surface area contributed by atoms with Gasteiger partial charge in [0.25, 0.3) is 0 Å². The summed E-state index contributed by atoms with van der Waals surface area (Å²) in [5, 5.41) is 0. The van der Waals surface area contributed by atoms with Gasteiger partial charge in [-0.25, -0.2) is 4.39 Å². The van der Waals surface area contributed by atoms with Crippen LogP contribution in [0.15, 0.2) is 18.2 Å². The zero-order valence-corrected chi connectivity index (χ0v) is 10.5. The van der Waals surface area contributed by atoms with E-state index in [1.54, 1.807) is 6.07 Å². The fraction of sp³-hybridized carbons (Fsp3) is 0.571. The van der Waals surface area contributed by atoms with Gasteiger partial charge in [0, 0.05) is 23.8 Å². The molecule has 1 aliphatic carbocycles. The first kappa shape index (κ1) is 12.4. The van der Waals surface area contributed by atoms with E-state index in [4.69, 9.17) is 5.73 Å². The highest BCUT2D eigenvalue weighted by Crippen LogP contribution is 2.34. The molecule has 0 amide bonds. The Labute approximate surface area is 103 Å². The molecule has 94 valence electrons. The van der Waals surface area contributed by atoms with Crippen molar-refractivity contribution in [3.05, 3.63) is 29.6 Å². The maximum atomic E-state index is 13.8. The van der Waals surface area contributed by atoms with Crippen LogP contribution in [0.3, 0.4) is 0 Å². The molecule has 0 aromatic heterocycles. The van der Waals surface area contributed by atoms with Crippen LogP contribution in [-0.2, 0) is 6.42 Å². The van der Waals surface area contributed by atoms with Gasteiger partial charge in [-0.2, -0.15) is 0 Å². The molecule has 2 nitrogen and oxygen atoms in total. The Balaban J connectivity index is 2.30. The second kappa shape index (κ2) is 5.50. The normalized spacial score (nSPS) is 15.0. The van der Waals surface area contributed by atoms with E-state index in [9.17, 15) is 4.39 Å². The van der Waals surface area contributed by atoms with Crippen LogP contribution in [0.5, 0.6) is 0 Å². The summed E-state index contributed by atoms with van der Waals surface area (Å²) in [7, 11) is 0. The minimum absolute atomic E-state index is 0.116. The number of rotatable bonds is 6. The van der Waals surface area contributed by atoms with E-state index in [0.29, 0.717) is 19.0 Å². The largest absolute Gasteiger partial charge is 0.368 e. The van der Waals surface area contributed by atoms with E-state index in [1.165, 1.54) is 18.9 Å². The standard InChI is InChI=1S/C14H21FN2/c1-2-10-17(11-6-7-11)14-5-3-4-13(15)12(14)8-9-16/h3-5,11H,2,6-10,16H2,1H3. The van der Waals surface area contributed by atoms with Crippen molar-refractivity contribution in [2.45, 2.75) is 38.6 Å². The van der Waals surface area contributed by atoms with Gasteiger partial charge in [0.1, 0.15) is 5.82 Å². The number of nitrogens with zero attached hydrogens (tertiary/aromatic N) is 1. The van der Waals surface area contributed by atoms with Gasteiger partial charge in [-0.1, -0.05) is 13.0 Å². The second-order valence-corrected chi connectivity index (χ2v) is 4.70. The molecule has 2 N–H and O–H groups in total. The summed E-state index contributed by atoms with van der Waals surface area (Å²) in [6, 6.07) is 5.98. The Hall–Kier alpha value is -1.09. The minimum Gasteiger partial charge on any atom is -0.368 e. The molecule has 1 aliphatic rings. The first-order valence-corrected chi connectivity index (χ1v) is 6.52. The minimum atomic E-state index is -0.116. The van der Waals surface area contributed by atoms with Crippen molar-refractivity contribution in [1.82, 2.24) is 0 Å². The Morgan fingerprint density at radius 2 is 2.18 bits per heavy atom. The van der Waals surface area contributed by atoms with Gasteiger partial charge in [-0.3, -0.25) is 0 Å². The lowest BCUT2D eigenvalue weighted by Crippen LogP contribution is -2.28. The summed E-state index contributed by atoms with van der Waals surface area (Å²) in [5.41, 5.74) is 7.42. The molecule has 0 spiro atoms. The number of nitrogens with two attached hydrogens (primary N) is 1. The maximum absolute atomic E-state index is 13.8. The van der Waals surface area contributed by atoms with Crippen molar-refractivity contribution in [2.24, 2.45) is 5.73 Å². The Bertz CT molecular complexity index is 374. The van der Waals surface area contributed by atoms with Gasteiger partial charge in [-0.15, -0.1) is 0 Å². The van der Waals surface area contributed by atoms with Crippen LogP contribution in [0, 0.1) is 5.82 Å². The molecular weight excluding hydrogens is 215 g/mol. The third-order valence-corrected chi connectivity index (χ3v) is 3.25. The van der Waals surface area contributed by atoms with Crippen LogP contribution in [-0.4, -0.2) is 19.1 Å². The molecule has 1 aromatic carbocycles. The van der Waals surface area contributed by atoms with Gasteiger partial charge < -0.3 is 10.6 Å².